The minimum atomic E-state index is -0.360. The minimum absolute atomic E-state index is 0.138. The zero-order chi connectivity index (χ0) is 21.3. The summed E-state index contributed by atoms with van der Waals surface area (Å²) in [5.74, 6) is 2.32. The lowest BCUT2D eigenvalue weighted by molar-refractivity contribution is -0.132. The Balaban J connectivity index is 1.65. The summed E-state index contributed by atoms with van der Waals surface area (Å²) in [4.78, 5) is 11.4. The Labute approximate surface area is 178 Å². The Morgan fingerprint density at radius 2 is 2.03 bits per heavy atom. The number of hydrogen-bond donors (Lipinski definition) is 1. The molecule has 2 aromatic carbocycles. The van der Waals surface area contributed by atoms with Gasteiger partial charge in [0, 0.05) is 18.5 Å². The summed E-state index contributed by atoms with van der Waals surface area (Å²) in [5, 5.41) is 3.73. The molecule has 1 aliphatic carbocycles. The number of benzene rings is 2. The van der Waals surface area contributed by atoms with E-state index in [4.69, 9.17) is 14.2 Å². The summed E-state index contributed by atoms with van der Waals surface area (Å²) in [5.41, 5.74) is 3.54. The fourth-order valence-electron chi connectivity index (χ4n) is 4.41. The molecule has 1 N–H and O–H groups in total. The van der Waals surface area contributed by atoms with E-state index in [2.05, 4.69) is 43.4 Å². The van der Waals surface area contributed by atoms with Crippen LogP contribution in [0.4, 0.5) is 5.69 Å². The monoisotopic (exact) mass is 407 g/mol. The van der Waals surface area contributed by atoms with Crippen molar-refractivity contribution in [3.63, 3.8) is 0 Å². The van der Waals surface area contributed by atoms with Gasteiger partial charge in [-0.05, 0) is 67.1 Å². The van der Waals surface area contributed by atoms with Crippen molar-refractivity contribution >= 4 is 11.7 Å². The molecule has 0 amide bonds. The molecule has 4 atom stereocenters. The van der Waals surface area contributed by atoms with Crippen molar-refractivity contribution in [3.8, 4) is 17.2 Å². The van der Waals surface area contributed by atoms with Crippen molar-refractivity contribution in [2.45, 2.75) is 51.7 Å². The molecule has 0 radical (unpaired) electrons. The first kappa shape index (κ1) is 20.3. The Kier molecular flexibility index (Phi) is 5.71. The predicted octanol–water partition coefficient (Wildman–Crippen LogP) is 5.62. The molecule has 0 fully saturated rings. The topological polar surface area (TPSA) is 56.8 Å². The molecule has 0 saturated heterocycles. The number of nitrogens with one attached hydrogen (secondary N) is 1. The number of allylic oxidation sites excluding steroid dienone is 2. The second kappa shape index (κ2) is 8.42. The summed E-state index contributed by atoms with van der Waals surface area (Å²) in [6, 6.07) is 12.3. The molecule has 2 aliphatic rings. The smallest absolute Gasteiger partial charge is 0.308 e. The molecule has 0 aromatic heterocycles. The van der Waals surface area contributed by atoms with Crippen LogP contribution in [-0.4, -0.2) is 19.2 Å². The van der Waals surface area contributed by atoms with Crippen LogP contribution < -0.4 is 19.5 Å². The Morgan fingerprint density at radius 1 is 1.20 bits per heavy atom. The second-order valence-electron chi connectivity index (χ2n) is 8.07. The van der Waals surface area contributed by atoms with Crippen molar-refractivity contribution in [2.24, 2.45) is 5.92 Å². The van der Waals surface area contributed by atoms with Gasteiger partial charge in [-0.15, -0.1) is 0 Å². The maximum atomic E-state index is 11.4. The van der Waals surface area contributed by atoms with Crippen LogP contribution in [0.1, 0.15) is 56.7 Å². The number of anilines is 1. The normalized spacial score (nSPS) is 22.5. The second-order valence-corrected chi connectivity index (χ2v) is 8.07. The van der Waals surface area contributed by atoms with E-state index in [0.717, 1.165) is 29.8 Å². The molecule has 0 spiro atoms. The van der Waals surface area contributed by atoms with Gasteiger partial charge < -0.3 is 19.5 Å². The van der Waals surface area contributed by atoms with Gasteiger partial charge in [-0.25, -0.2) is 0 Å². The maximum absolute atomic E-state index is 11.4. The molecule has 4 rings (SSSR count). The van der Waals surface area contributed by atoms with Crippen LogP contribution in [0.15, 0.2) is 48.6 Å². The summed E-state index contributed by atoms with van der Waals surface area (Å²) < 4.78 is 16.8. The maximum Gasteiger partial charge on any atom is 0.308 e. The number of fused-ring (bicyclic) bond motifs is 3. The highest BCUT2D eigenvalue weighted by Crippen LogP contribution is 2.51. The molecule has 4 unspecified atom stereocenters. The lowest BCUT2D eigenvalue weighted by Gasteiger charge is -2.38. The number of ether oxygens (including phenoxy) is 3. The molecule has 0 bridgehead atoms. The Hall–Kier alpha value is -2.95. The summed E-state index contributed by atoms with van der Waals surface area (Å²) >= 11 is 0. The van der Waals surface area contributed by atoms with Crippen LogP contribution in [-0.2, 0) is 4.79 Å². The van der Waals surface area contributed by atoms with E-state index < -0.39 is 0 Å². The third-order valence-electron chi connectivity index (χ3n) is 6.05. The van der Waals surface area contributed by atoms with E-state index in [1.807, 2.05) is 24.3 Å². The molecular formula is C25H29NO4. The summed E-state index contributed by atoms with van der Waals surface area (Å²) in [7, 11) is 1.59. The van der Waals surface area contributed by atoms with Crippen LogP contribution >= 0.6 is 0 Å². The first-order chi connectivity index (χ1) is 14.5. The average molecular weight is 408 g/mol. The van der Waals surface area contributed by atoms with Crippen LogP contribution in [0.2, 0.25) is 0 Å². The third-order valence-corrected chi connectivity index (χ3v) is 6.05. The fraction of sp³-hybridized carbons (Fsp3) is 0.400. The van der Waals surface area contributed by atoms with E-state index in [1.54, 1.807) is 7.11 Å². The number of esters is 1. The van der Waals surface area contributed by atoms with Crippen molar-refractivity contribution in [1.82, 2.24) is 0 Å². The van der Waals surface area contributed by atoms with Crippen LogP contribution in [0.3, 0.4) is 0 Å². The molecule has 158 valence electrons. The molecule has 1 aliphatic heterocycles. The van der Waals surface area contributed by atoms with Gasteiger partial charge in [0.25, 0.3) is 0 Å². The predicted molar refractivity (Wildman–Crippen MR) is 117 cm³/mol. The number of methoxy groups -OCH3 is 1. The Morgan fingerprint density at radius 3 is 2.77 bits per heavy atom. The largest absolute Gasteiger partial charge is 0.493 e. The van der Waals surface area contributed by atoms with Gasteiger partial charge in [0.05, 0.1) is 19.3 Å². The van der Waals surface area contributed by atoms with Crippen molar-refractivity contribution in [3.05, 3.63) is 59.7 Å². The van der Waals surface area contributed by atoms with Crippen LogP contribution in [0.5, 0.6) is 17.2 Å². The quantitative estimate of drug-likeness (QED) is 0.382. The first-order valence-electron chi connectivity index (χ1n) is 10.6. The fourth-order valence-corrected chi connectivity index (χ4v) is 4.41. The number of carbonyl (C=O) groups excluding carboxylic acids is 1. The van der Waals surface area contributed by atoms with Crippen LogP contribution in [0, 0.1) is 5.92 Å². The number of rotatable bonds is 6. The van der Waals surface area contributed by atoms with Crippen LogP contribution in [0.25, 0.3) is 0 Å². The standard InChI is InChI=1S/C25H29NO4/c1-5-15(2)29-18-10-11-22-21(14-18)19-7-6-8-20(19)25(26-22)17-9-12-23(30-16(3)27)24(13-17)28-4/h6-7,9-15,19-20,25-26H,5,8H2,1-4H3. The van der Waals surface area contributed by atoms with E-state index in [9.17, 15) is 4.79 Å². The highest BCUT2D eigenvalue weighted by atomic mass is 16.6. The molecule has 1 heterocycles. The van der Waals surface area contributed by atoms with Gasteiger partial charge in [0.1, 0.15) is 5.75 Å². The molecule has 2 aromatic rings. The lowest BCUT2D eigenvalue weighted by atomic mass is 9.77. The van der Waals surface area contributed by atoms with E-state index in [0.29, 0.717) is 23.3 Å². The first-order valence-corrected chi connectivity index (χ1v) is 10.6. The summed E-state index contributed by atoms with van der Waals surface area (Å²) in [6.45, 7) is 5.62. The van der Waals surface area contributed by atoms with E-state index in [1.165, 1.54) is 12.5 Å². The van der Waals surface area contributed by atoms with Gasteiger partial charge in [-0.2, -0.15) is 0 Å². The molecule has 0 saturated carbocycles. The molecule has 5 nitrogen and oxygen atoms in total. The van der Waals surface area contributed by atoms with Gasteiger partial charge in [-0.3, -0.25) is 4.79 Å². The van der Waals surface area contributed by atoms with Crippen molar-refractivity contribution in [2.75, 3.05) is 12.4 Å². The van der Waals surface area contributed by atoms with E-state index >= 15 is 0 Å². The Bertz CT molecular complexity index is 968. The van der Waals surface area contributed by atoms with Crippen molar-refractivity contribution in [1.29, 1.82) is 0 Å². The zero-order valence-corrected chi connectivity index (χ0v) is 18.0. The average Bonchev–Trinajstić information content (AvgIpc) is 3.23. The number of carbonyl (C=O) groups is 1. The third kappa shape index (κ3) is 3.89. The minimum Gasteiger partial charge on any atom is -0.493 e. The molecule has 5 heteroatoms. The van der Waals surface area contributed by atoms with Gasteiger partial charge in [0.2, 0.25) is 0 Å². The lowest BCUT2D eigenvalue weighted by Crippen LogP contribution is -2.29. The molecule has 30 heavy (non-hydrogen) atoms. The SMILES string of the molecule is CCC(C)Oc1ccc2c(c1)C1C=CCC1C(c1ccc(OC(C)=O)c(OC)c1)N2. The highest BCUT2D eigenvalue weighted by molar-refractivity contribution is 5.70. The number of hydrogen-bond acceptors (Lipinski definition) is 5. The highest BCUT2D eigenvalue weighted by Gasteiger charge is 2.38. The van der Waals surface area contributed by atoms with Gasteiger partial charge >= 0.3 is 5.97 Å². The zero-order valence-electron chi connectivity index (χ0n) is 18.0. The van der Waals surface area contributed by atoms with Crippen molar-refractivity contribution < 1.29 is 19.0 Å². The van der Waals surface area contributed by atoms with Gasteiger partial charge in [0.15, 0.2) is 11.5 Å². The van der Waals surface area contributed by atoms with E-state index in [-0.39, 0.29) is 18.1 Å². The van der Waals surface area contributed by atoms with Gasteiger partial charge in [-0.1, -0.05) is 25.1 Å². The summed E-state index contributed by atoms with van der Waals surface area (Å²) in [6.07, 6.45) is 6.77. The molecular weight excluding hydrogens is 378 g/mol.